The number of carbonyl (C=O) groups excluding carboxylic acids is 1. The molecule has 1 aromatic heterocycles. The van der Waals surface area contributed by atoms with E-state index >= 15 is 0 Å². The predicted molar refractivity (Wildman–Crippen MR) is 111 cm³/mol. The third kappa shape index (κ3) is 4.03. The lowest BCUT2D eigenvalue weighted by Crippen LogP contribution is -2.42. The fourth-order valence-corrected chi connectivity index (χ4v) is 4.66. The summed E-state index contributed by atoms with van der Waals surface area (Å²) in [6.07, 6.45) is 6.73. The zero-order valence-corrected chi connectivity index (χ0v) is 17.0. The molecule has 0 unspecified atom stereocenters. The van der Waals surface area contributed by atoms with Crippen LogP contribution in [0.15, 0.2) is 36.5 Å². The monoisotopic (exact) mass is 378 g/mol. The number of piperidine rings is 1. The Morgan fingerprint density at radius 1 is 1.11 bits per heavy atom. The number of aromatic nitrogens is 2. The summed E-state index contributed by atoms with van der Waals surface area (Å²) in [6, 6.07) is 10.5. The summed E-state index contributed by atoms with van der Waals surface area (Å²) in [5.41, 5.74) is 3.46. The summed E-state index contributed by atoms with van der Waals surface area (Å²) in [7, 11) is 0. The summed E-state index contributed by atoms with van der Waals surface area (Å²) in [5, 5.41) is 0. The lowest BCUT2D eigenvalue weighted by molar-refractivity contribution is -0.127. The van der Waals surface area contributed by atoms with Crippen molar-refractivity contribution in [1.29, 1.82) is 0 Å². The number of hydrogen-bond donors (Lipinski definition) is 0. The van der Waals surface area contributed by atoms with E-state index in [2.05, 4.69) is 39.0 Å². The molecule has 2 fully saturated rings. The number of carbonyl (C=O) groups is 1. The van der Waals surface area contributed by atoms with Gasteiger partial charge in [-0.2, -0.15) is 0 Å². The quantitative estimate of drug-likeness (QED) is 0.798. The molecule has 2 aliphatic heterocycles. The second kappa shape index (κ2) is 7.90. The maximum atomic E-state index is 12.6. The third-order valence-corrected chi connectivity index (χ3v) is 6.32. The summed E-state index contributed by atoms with van der Waals surface area (Å²) < 4.78 is 0. The lowest BCUT2D eigenvalue weighted by Gasteiger charge is -2.39. The molecule has 5 nitrogen and oxygen atoms in total. The minimum absolute atomic E-state index is 0.158. The van der Waals surface area contributed by atoms with Gasteiger partial charge in [-0.1, -0.05) is 30.3 Å². The summed E-state index contributed by atoms with van der Waals surface area (Å²) in [5.74, 6) is 1.35. The number of rotatable bonds is 5. The molecule has 0 radical (unpaired) electrons. The van der Waals surface area contributed by atoms with Gasteiger partial charge in [-0.25, -0.2) is 4.98 Å². The molecule has 2 saturated heterocycles. The van der Waals surface area contributed by atoms with E-state index in [1.165, 1.54) is 5.56 Å². The van der Waals surface area contributed by atoms with Gasteiger partial charge in [0.05, 0.1) is 11.4 Å². The van der Waals surface area contributed by atoms with E-state index in [9.17, 15) is 4.79 Å². The minimum atomic E-state index is 0.158. The van der Waals surface area contributed by atoms with Crippen molar-refractivity contribution in [3.63, 3.8) is 0 Å². The second-order valence-electron chi connectivity index (χ2n) is 8.49. The van der Waals surface area contributed by atoms with Crippen molar-refractivity contribution in [3.05, 3.63) is 53.5 Å². The van der Waals surface area contributed by atoms with Crippen LogP contribution in [0.3, 0.4) is 0 Å². The highest BCUT2D eigenvalue weighted by atomic mass is 16.2. The zero-order chi connectivity index (χ0) is 19.6. The highest BCUT2D eigenvalue weighted by molar-refractivity contribution is 5.79. The molecule has 1 amide bonds. The van der Waals surface area contributed by atoms with Crippen LogP contribution in [-0.4, -0.2) is 47.0 Å². The van der Waals surface area contributed by atoms with E-state index in [-0.39, 0.29) is 5.41 Å². The Labute approximate surface area is 167 Å². The fourth-order valence-electron chi connectivity index (χ4n) is 4.66. The van der Waals surface area contributed by atoms with Crippen LogP contribution in [0.5, 0.6) is 0 Å². The largest absolute Gasteiger partial charge is 0.355 e. The van der Waals surface area contributed by atoms with Gasteiger partial charge in [-0.3, -0.25) is 9.78 Å². The molecular weight excluding hydrogens is 348 g/mol. The number of amides is 1. The first-order valence-corrected chi connectivity index (χ1v) is 10.4. The molecule has 0 N–H and O–H groups in total. The van der Waals surface area contributed by atoms with Gasteiger partial charge in [0, 0.05) is 44.2 Å². The van der Waals surface area contributed by atoms with Crippen molar-refractivity contribution in [2.24, 2.45) is 5.41 Å². The molecule has 0 bridgehead atoms. The third-order valence-electron chi connectivity index (χ3n) is 6.32. The van der Waals surface area contributed by atoms with Crippen LogP contribution in [0, 0.1) is 19.3 Å². The SMILES string of the molecule is Cc1cnc(C)c(N2CCC3(CC2)CC(=O)N(CCCc2ccccc2)C3)n1. The van der Waals surface area contributed by atoms with Crippen molar-refractivity contribution in [3.8, 4) is 0 Å². The smallest absolute Gasteiger partial charge is 0.223 e. The van der Waals surface area contributed by atoms with Crippen molar-refractivity contribution in [2.75, 3.05) is 31.1 Å². The Morgan fingerprint density at radius 3 is 2.61 bits per heavy atom. The molecule has 3 heterocycles. The van der Waals surface area contributed by atoms with Crippen molar-refractivity contribution >= 4 is 11.7 Å². The predicted octanol–water partition coefficient (Wildman–Crippen LogP) is 3.55. The van der Waals surface area contributed by atoms with Gasteiger partial charge in [0.15, 0.2) is 0 Å². The van der Waals surface area contributed by atoms with Gasteiger partial charge in [-0.15, -0.1) is 0 Å². The van der Waals surface area contributed by atoms with E-state index in [1.54, 1.807) is 0 Å². The van der Waals surface area contributed by atoms with Gasteiger partial charge < -0.3 is 9.80 Å². The molecule has 148 valence electrons. The average molecular weight is 379 g/mol. The fraction of sp³-hybridized carbons (Fsp3) is 0.522. The van der Waals surface area contributed by atoms with Gasteiger partial charge in [0.1, 0.15) is 5.82 Å². The highest BCUT2D eigenvalue weighted by Gasteiger charge is 2.44. The zero-order valence-electron chi connectivity index (χ0n) is 17.0. The van der Waals surface area contributed by atoms with Crippen molar-refractivity contribution in [1.82, 2.24) is 14.9 Å². The number of likely N-dealkylation sites (tertiary alicyclic amines) is 1. The van der Waals surface area contributed by atoms with Crippen LogP contribution in [0.25, 0.3) is 0 Å². The number of hydrogen-bond acceptors (Lipinski definition) is 4. The molecule has 5 heteroatoms. The molecule has 4 rings (SSSR count). The van der Waals surface area contributed by atoms with Crippen LogP contribution in [0.1, 0.15) is 42.6 Å². The Hall–Kier alpha value is -2.43. The van der Waals surface area contributed by atoms with Gasteiger partial charge >= 0.3 is 0 Å². The van der Waals surface area contributed by atoms with Gasteiger partial charge in [0.2, 0.25) is 5.91 Å². The first-order valence-electron chi connectivity index (χ1n) is 10.4. The highest BCUT2D eigenvalue weighted by Crippen LogP contribution is 2.42. The first-order chi connectivity index (χ1) is 13.5. The van der Waals surface area contributed by atoms with E-state index in [0.717, 1.165) is 69.1 Å². The molecule has 0 saturated carbocycles. The normalized spacial score (nSPS) is 18.9. The van der Waals surface area contributed by atoms with Crippen LogP contribution in [0.4, 0.5) is 5.82 Å². The number of anilines is 1. The standard InChI is InChI=1S/C23H30N4O/c1-18-16-24-19(2)22(25-18)26-13-10-23(11-14-26)15-21(28)27(17-23)12-6-9-20-7-4-3-5-8-20/h3-5,7-8,16H,6,9-15,17H2,1-2H3. The molecule has 28 heavy (non-hydrogen) atoms. The lowest BCUT2D eigenvalue weighted by atomic mass is 9.77. The average Bonchev–Trinajstić information content (AvgIpc) is 3.00. The van der Waals surface area contributed by atoms with Crippen LogP contribution in [-0.2, 0) is 11.2 Å². The molecule has 2 aliphatic rings. The molecule has 0 atom stereocenters. The molecule has 2 aromatic rings. The van der Waals surface area contributed by atoms with E-state index in [1.807, 2.05) is 26.1 Å². The molecule has 1 spiro atoms. The summed E-state index contributed by atoms with van der Waals surface area (Å²) >= 11 is 0. The maximum absolute atomic E-state index is 12.6. The molecular formula is C23H30N4O. The number of benzene rings is 1. The summed E-state index contributed by atoms with van der Waals surface area (Å²) in [6.45, 7) is 7.74. The van der Waals surface area contributed by atoms with Crippen LogP contribution < -0.4 is 4.90 Å². The Bertz CT molecular complexity index is 828. The minimum Gasteiger partial charge on any atom is -0.355 e. The first kappa shape index (κ1) is 18.9. The van der Waals surface area contributed by atoms with Crippen molar-refractivity contribution in [2.45, 2.75) is 46.0 Å². The van der Waals surface area contributed by atoms with E-state index in [4.69, 9.17) is 4.98 Å². The topological polar surface area (TPSA) is 49.3 Å². The maximum Gasteiger partial charge on any atom is 0.223 e. The number of nitrogens with zero attached hydrogens (tertiary/aromatic N) is 4. The second-order valence-corrected chi connectivity index (χ2v) is 8.49. The van der Waals surface area contributed by atoms with Gasteiger partial charge in [-0.05, 0) is 45.1 Å². The van der Waals surface area contributed by atoms with E-state index in [0.29, 0.717) is 12.3 Å². The van der Waals surface area contributed by atoms with Crippen LogP contribution in [0.2, 0.25) is 0 Å². The Balaban J connectivity index is 1.32. The molecule has 0 aliphatic carbocycles. The Kier molecular flexibility index (Phi) is 5.33. The molecule has 1 aromatic carbocycles. The van der Waals surface area contributed by atoms with Crippen LogP contribution >= 0.6 is 0 Å². The Morgan fingerprint density at radius 2 is 1.86 bits per heavy atom. The number of aryl methyl sites for hydroxylation is 3. The van der Waals surface area contributed by atoms with Crippen molar-refractivity contribution < 1.29 is 4.79 Å². The van der Waals surface area contributed by atoms with E-state index < -0.39 is 0 Å². The summed E-state index contributed by atoms with van der Waals surface area (Å²) in [4.78, 5) is 26.2. The van der Waals surface area contributed by atoms with Gasteiger partial charge in [0.25, 0.3) is 0 Å².